The van der Waals surface area contributed by atoms with Crippen molar-refractivity contribution in [3.63, 3.8) is 0 Å². The first-order chi connectivity index (χ1) is 7.00. The van der Waals surface area contributed by atoms with E-state index >= 15 is 0 Å². The molecule has 4 heteroatoms. The summed E-state index contributed by atoms with van der Waals surface area (Å²) in [7, 11) is 0. The zero-order valence-electron chi connectivity index (χ0n) is 8.17. The number of aryl methyl sites for hydroxylation is 1. The lowest BCUT2D eigenvalue weighted by Gasteiger charge is -2.13. The summed E-state index contributed by atoms with van der Waals surface area (Å²) in [5, 5.41) is 8.74. The number of aliphatic hydroxyl groups excluding tert-OH is 1. The van der Waals surface area contributed by atoms with Gasteiger partial charge in [-0.2, -0.15) is 13.2 Å². The minimum atomic E-state index is -4.49. The maximum absolute atomic E-state index is 11.9. The molecule has 0 aliphatic heterocycles. The van der Waals surface area contributed by atoms with Gasteiger partial charge in [0, 0.05) is 0 Å². The highest BCUT2D eigenvalue weighted by atomic mass is 19.4. The van der Waals surface area contributed by atoms with Crippen LogP contribution in [0.25, 0.3) is 0 Å². The van der Waals surface area contributed by atoms with E-state index in [2.05, 4.69) is 0 Å². The normalized spacial score (nSPS) is 13.9. The molecule has 0 aliphatic rings. The standard InChI is InChI=1S/C11H13F3O/c12-11(13,14)10(15)8-4-7-9-5-2-1-3-6-9/h1-3,5-6,10,15H,4,7-8H2. The lowest BCUT2D eigenvalue weighted by atomic mass is 10.1. The van der Waals surface area contributed by atoms with Crippen LogP contribution in [-0.2, 0) is 6.42 Å². The molecule has 1 nitrogen and oxygen atoms in total. The molecule has 0 saturated carbocycles. The summed E-state index contributed by atoms with van der Waals surface area (Å²) < 4.78 is 35.8. The average molecular weight is 218 g/mol. The third-order valence-corrected chi connectivity index (χ3v) is 2.16. The van der Waals surface area contributed by atoms with Crippen LogP contribution in [0.15, 0.2) is 30.3 Å². The van der Waals surface area contributed by atoms with Crippen molar-refractivity contribution in [3.8, 4) is 0 Å². The van der Waals surface area contributed by atoms with Gasteiger partial charge >= 0.3 is 6.18 Å². The van der Waals surface area contributed by atoms with Gasteiger partial charge < -0.3 is 5.11 Å². The largest absolute Gasteiger partial charge is 0.414 e. The maximum atomic E-state index is 11.9. The Morgan fingerprint density at radius 1 is 1.13 bits per heavy atom. The maximum Gasteiger partial charge on any atom is 0.414 e. The molecule has 0 heterocycles. The molecule has 0 aromatic heterocycles. The monoisotopic (exact) mass is 218 g/mol. The van der Waals surface area contributed by atoms with Gasteiger partial charge in [0.1, 0.15) is 6.10 Å². The van der Waals surface area contributed by atoms with Crippen LogP contribution in [0.3, 0.4) is 0 Å². The van der Waals surface area contributed by atoms with Crippen LogP contribution in [-0.4, -0.2) is 17.4 Å². The summed E-state index contributed by atoms with van der Waals surface area (Å²) >= 11 is 0. The third-order valence-electron chi connectivity index (χ3n) is 2.16. The van der Waals surface area contributed by atoms with E-state index in [1.165, 1.54) is 0 Å². The molecule has 0 bridgehead atoms. The smallest absolute Gasteiger partial charge is 0.384 e. The van der Waals surface area contributed by atoms with E-state index in [0.717, 1.165) is 5.56 Å². The third kappa shape index (κ3) is 4.34. The summed E-state index contributed by atoms with van der Waals surface area (Å²) in [6.45, 7) is 0. The lowest BCUT2D eigenvalue weighted by Crippen LogP contribution is -2.28. The molecule has 1 atom stereocenters. The Hall–Kier alpha value is -1.03. The molecule has 1 aromatic rings. The first kappa shape index (κ1) is 12.0. The summed E-state index contributed by atoms with van der Waals surface area (Å²) in [5.74, 6) is 0. The van der Waals surface area contributed by atoms with Crippen LogP contribution in [0.5, 0.6) is 0 Å². The van der Waals surface area contributed by atoms with Crippen LogP contribution < -0.4 is 0 Å². The molecule has 15 heavy (non-hydrogen) atoms. The second-order valence-electron chi connectivity index (χ2n) is 3.44. The Labute approximate surface area is 86.5 Å². The quantitative estimate of drug-likeness (QED) is 0.823. The topological polar surface area (TPSA) is 20.2 Å². The molecule has 84 valence electrons. The fourth-order valence-electron chi connectivity index (χ4n) is 1.31. The molecule has 0 amide bonds. The van der Waals surface area contributed by atoms with Gasteiger partial charge in [0.25, 0.3) is 0 Å². The highest BCUT2D eigenvalue weighted by molar-refractivity contribution is 5.14. The Kier molecular flexibility index (Phi) is 4.15. The van der Waals surface area contributed by atoms with Crippen molar-refractivity contribution < 1.29 is 18.3 Å². The molecule has 1 unspecified atom stereocenters. The van der Waals surface area contributed by atoms with E-state index < -0.39 is 12.3 Å². The minimum Gasteiger partial charge on any atom is -0.384 e. The molecule has 1 rings (SSSR count). The number of benzene rings is 1. The number of hydrogen-bond acceptors (Lipinski definition) is 1. The van der Waals surface area contributed by atoms with Crippen molar-refractivity contribution >= 4 is 0 Å². The molecule has 0 saturated heterocycles. The highest BCUT2D eigenvalue weighted by Crippen LogP contribution is 2.23. The van der Waals surface area contributed by atoms with Crippen LogP contribution >= 0.6 is 0 Å². The Morgan fingerprint density at radius 3 is 2.27 bits per heavy atom. The van der Waals surface area contributed by atoms with E-state index in [0.29, 0.717) is 12.8 Å². The van der Waals surface area contributed by atoms with E-state index in [1.807, 2.05) is 30.3 Å². The van der Waals surface area contributed by atoms with E-state index in [1.54, 1.807) is 0 Å². The zero-order valence-corrected chi connectivity index (χ0v) is 8.17. The molecule has 1 N–H and O–H groups in total. The van der Waals surface area contributed by atoms with Gasteiger partial charge in [-0.15, -0.1) is 0 Å². The lowest BCUT2D eigenvalue weighted by molar-refractivity contribution is -0.205. The summed E-state index contributed by atoms with van der Waals surface area (Å²) in [5.41, 5.74) is 0.992. The van der Waals surface area contributed by atoms with E-state index in [-0.39, 0.29) is 6.42 Å². The predicted octanol–water partition coefficient (Wildman–Crippen LogP) is 2.93. The SMILES string of the molecule is OC(CCCc1ccccc1)C(F)(F)F. The van der Waals surface area contributed by atoms with Crippen molar-refractivity contribution in [2.24, 2.45) is 0 Å². The molecule has 0 spiro atoms. The van der Waals surface area contributed by atoms with Gasteiger partial charge in [0.15, 0.2) is 0 Å². The molecular formula is C11H13F3O. The first-order valence-electron chi connectivity index (χ1n) is 4.79. The fraction of sp³-hybridized carbons (Fsp3) is 0.455. The Balaban J connectivity index is 2.28. The molecule has 1 aromatic carbocycles. The van der Waals surface area contributed by atoms with Gasteiger partial charge in [0.05, 0.1) is 0 Å². The van der Waals surface area contributed by atoms with Gasteiger partial charge in [-0.25, -0.2) is 0 Å². The van der Waals surface area contributed by atoms with Crippen molar-refractivity contribution in [3.05, 3.63) is 35.9 Å². The van der Waals surface area contributed by atoms with Crippen LogP contribution in [0.2, 0.25) is 0 Å². The molecule has 0 radical (unpaired) electrons. The fourth-order valence-corrected chi connectivity index (χ4v) is 1.31. The molecular weight excluding hydrogens is 205 g/mol. The number of aliphatic hydroxyl groups is 1. The first-order valence-corrected chi connectivity index (χ1v) is 4.79. The molecule has 0 aliphatic carbocycles. The van der Waals surface area contributed by atoms with Crippen molar-refractivity contribution in [2.75, 3.05) is 0 Å². The predicted molar refractivity (Wildman–Crippen MR) is 51.4 cm³/mol. The van der Waals surface area contributed by atoms with E-state index in [4.69, 9.17) is 5.11 Å². The number of alkyl halides is 3. The van der Waals surface area contributed by atoms with Crippen molar-refractivity contribution in [1.29, 1.82) is 0 Å². The second kappa shape index (κ2) is 5.16. The number of rotatable bonds is 4. The molecule has 0 fully saturated rings. The van der Waals surface area contributed by atoms with Crippen molar-refractivity contribution in [1.82, 2.24) is 0 Å². The van der Waals surface area contributed by atoms with Crippen LogP contribution in [0.1, 0.15) is 18.4 Å². The van der Waals surface area contributed by atoms with Gasteiger partial charge in [-0.3, -0.25) is 0 Å². The van der Waals surface area contributed by atoms with Crippen molar-refractivity contribution in [2.45, 2.75) is 31.5 Å². The highest BCUT2D eigenvalue weighted by Gasteiger charge is 2.37. The Bertz CT molecular complexity index is 282. The minimum absolute atomic E-state index is 0.238. The Morgan fingerprint density at radius 2 is 1.73 bits per heavy atom. The average Bonchev–Trinajstić information content (AvgIpc) is 2.18. The van der Waals surface area contributed by atoms with Crippen LogP contribution in [0.4, 0.5) is 13.2 Å². The van der Waals surface area contributed by atoms with Gasteiger partial charge in [-0.1, -0.05) is 30.3 Å². The van der Waals surface area contributed by atoms with E-state index in [9.17, 15) is 13.2 Å². The number of hydrogen-bond donors (Lipinski definition) is 1. The van der Waals surface area contributed by atoms with Gasteiger partial charge in [0.2, 0.25) is 0 Å². The summed E-state index contributed by atoms with van der Waals surface area (Å²) in [6, 6.07) is 9.26. The summed E-state index contributed by atoms with van der Waals surface area (Å²) in [4.78, 5) is 0. The summed E-state index contributed by atoms with van der Waals surface area (Å²) in [6.07, 6.45) is -6.02. The zero-order chi connectivity index (χ0) is 11.3. The number of halogens is 3. The van der Waals surface area contributed by atoms with Crippen LogP contribution in [0, 0.1) is 0 Å². The second-order valence-corrected chi connectivity index (χ2v) is 3.44. The van der Waals surface area contributed by atoms with Gasteiger partial charge in [-0.05, 0) is 24.8 Å².